The van der Waals surface area contributed by atoms with Gasteiger partial charge in [-0.05, 0) is 37.5 Å². The summed E-state index contributed by atoms with van der Waals surface area (Å²) >= 11 is 0. The topological polar surface area (TPSA) is 47.6 Å². The third kappa shape index (κ3) is 4.91. The Balaban J connectivity index is 2.65. The van der Waals surface area contributed by atoms with Crippen molar-refractivity contribution in [1.29, 1.82) is 0 Å². The van der Waals surface area contributed by atoms with E-state index < -0.39 is 6.10 Å². The van der Waals surface area contributed by atoms with Gasteiger partial charge in [0, 0.05) is 13.7 Å². The van der Waals surface area contributed by atoms with Crippen molar-refractivity contribution in [3.05, 3.63) is 29.3 Å². The van der Waals surface area contributed by atoms with E-state index in [9.17, 15) is 4.79 Å². The molecule has 1 rings (SSSR count). The number of methoxy groups -OCH3 is 1. The zero-order valence-electron chi connectivity index (χ0n) is 12.2. The van der Waals surface area contributed by atoms with Gasteiger partial charge in [0.15, 0.2) is 6.10 Å². The lowest BCUT2D eigenvalue weighted by Gasteiger charge is -2.19. The van der Waals surface area contributed by atoms with Gasteiger partial charge < -0.3 is 14.8 Å². The molecular formula is C15H23NO3. The fourth-order valence-corrected chi connectivity index (χ4v) is 1.70. The monoisotopic (exact) mass is 265 g/mol. The zero-order valence-corrected chi connectivity index (χ0v) is 12.2. The minimum atomic E-state index is -0.461. The SMILES string of the molecule is CC[C@@H](Oc1cc(C)ccc1C)C(=O)NCCOC. The molecule has 0 unspecified atom stereocenters. The first-order chi connectivity index (χ1) is 9.08. The number of carbonyl (C=O) groups excluding carboxylic acids is 1. The molecule has 0 aliphatic carbocycles. The number of rotatable bonds is 7. The summed E-state index contributed by atoms with van der Waals surface area (Å²) < 4.78 is 10.7. The maximum absolute atomic E-state index is 12.0. The highest BCUT2D eigenvalue weighted by molar-refractivity contribution is 5.81. The van der Waals surface area contributed by atoms with E-state index in [2.05, 4.69) is 5.32 Å². The van der Waals surface area contributed by atoms with Gasteiger partial charge in [-0.1, -0.05) is 19.1 Å². The Hall–Kier alpha value is -1.55. The lowest BCUT2D eigenvalue weighted by molar-refractivity contribution is -0.128. The van der Waals surface area contributed by atoms with Crippen LogP contribution in [0.5, 0.6) is 5.75 Å². The van der Waals surface area contributed by atoms with Crippen LogP contribution < -0.4 is 10.1 Å². The third-order valence-electron chi connectivity index (χ3n) is 2.88. The van der Waals surface area contributed by atoms with E-state index in [1.165, 1.54) is 0 Å². The van der Waals surface area contributed by atoms with E-state index in [1.807, 2.05) is 39.0 Å². The minimum absolute atomic E-state index is 0.0968. The third-order valence-corrected chi connectivity index (χ3v) is 2.88. The van der Waals surface area contributed by atoms with Gasteiger partial charge in [-0.3, -0.25) is 4.79 Å². The first-order valence-corrected chi connectivity index (χ1v) is 6.59. The fraction of sp³-hybridized carbons (Fsp3) is 0.533. The smallest absolute Gasteiger partial charge is 0.261 e. The van der Waals surface area contributed by atoms with Gasteiger partial charge in [-0.25, -0.2) is 0 Å². The Morgan fingerprint density at radius 3 is 2.74 bits per heavy atom. The minimum Gasteiger partial charge on any atom is -0.480 e. The normalized spacial score (nSPS) is 12.0. The molecule has 0 spiro atoms. The number of nitrogens with one attached hydrogen (secondary N) is 1. The number of ether oxygens (including phenoxy) is 2. The van der Waals surface area contributed by atoms with Crippen molar-refractivity contribution in [1.82, 2.24) is 5.32 Å². The molecule has 106 valence electrons. The molecule has 4 heteroatoms. The predicted octanol–water partition coefficient (Wildman–Crippen LogP) is 2.22. The first-order valence-electron chi connectivity index (χ1n) is 6.59. The van der Waals surface area contributed by atoms with Crippen molar-refractivity contribution >= 4 is 5.91 Å². The van der Waals surface area contributed by atoms with E-state index in [1.54, 1.807) is 7.11 Å². The van der Waals surface area contributed by atoms with Crippen LogP contribution in [0.2, 0.25) is 0 Å². The lowest BCUT2D eigenvalue weighted by atomic mass is 10.1. The molecule has 1 amide bonds. The van der Waals surface area contributed by atoms with Crippen molar-refractivity contribution in [2.75, 3.05) is 20.3 Å². The Morgan fingerprint density at radius 1 is 1.37 bits per heavy atom. The summed E-state index contributed by atoms with van der Waals surface area (Å²) in [6.07, 6.45) is 0.170. The maximum atomic E-state index is 12.0. The highest BCUT2D eigenvalue weighted by Crippen LogP contribution is 2.21. The molecule has 19 heavy (non-hydrogen) atoms. The summed E-state index contributed by atoms with van der Waals surface area (Å²) in [5.41, 5.74) is 2.16. The van der Waals surface area contributed by atoms with Crippen molar-refractivity contribution in [3.63, 3.8) is 0 Å². The Bertz CT molecular complexity index is 418. The van der Waals surface area contributed by atoms with Crippen LogP contribution in [0.25, 0.3) is 0 Å². The summed E-state index contributed by atoms with van der Waals surface area (Å²) in [5, 5.41) is 2.80. The number of amides is 1. The molecule has 0 aliphatic heterocycles. The van der Waals surface area contributed by atoms with Crippen LogP contribution in [-0.2, 0) is 9.53 Å². The van der Waals surface area contributed by atoms with Gasteiger partial charge in [0.1, 0.15) is 5.75 Å². The largest absolute Gasteiger partial charge is 0.480 e. The summed E-state index contributed by atoms with van der Waals surface area (Å²) in [4.78, 5) is 12.0. The fourth-order valence-electron chi connectivity index (χ4n) is 1.70. The molecule has 0 aromatic heterocycles. The molecule has 0 bridgehead atoms. The average Bonchev–Trinajstić information content (AvgIpc) is 2.39. The van der Waals surface area contributed by atoms with E-state index in [0.29, 0.717) is 19.6 Å². The number of carbonyl (C=O) groups is 1. The Kier molecular flexibility index (Phi) is 6.36. The van der Waals surface area contributed by atoms with Crippen LogP contribution in [-0.4, -0.2) is 32.3 Å². The van der Waals surface area contributed by atoms with Crippen molar-refractivity contribution in [3.8, 4) is 5.75 Å². The van der Waals surface area contributed by atoms with Crippen LogP contribution >= 0.6 is 0 Å². The number of aryl methyl sites for hydroxylation is 2. The van der Waals surface area contributed by atoms with Crippen molar-refractivity contribution in [2.45, 2.75) is 33.3 Å². The molecule has 0 fully saturated rings. The lowest BCUT2D eigenvalue weighted by Crippen LogP contribution is -2.39. The van der Waals surface area contributed by atoms with Crippen LogP contribution in [0.4, 0.5) is 0 Å². The van der Waals surface area contributed by atoms with Gasteiger partial charge in [0.25, 0.3) is 5.91 Å². The highest BCUT2D eigenvalue weighted by atomic mass is 16.5. The number of hydrogen-bond donors (Lipinski definition) is 1. The Morgan fingerprint density at radius 2 is 2.11 bits per heavy atom. The van der Waals surface area contributed by atoms with E-state index in [4.69, 9.17) is 9.47 Å². The predicted molar refractivity (Wildman–Crippen MR) is 75.5 cm³/mol. The van der Waals surface area contributed by atoms with Crippen LogP contribution in [0.1, 0.15) is 24.5 Å². The molecule has 1 aromatic carbocycles. The summed E-state index contributed by atoms with van der Waals surface area (Å²) in [6, 6.07) is 5.99. The van der Waals surface area contributed by atoms with Crippen LogP contribution in [0.15, 0.2) is 18.2 Å². The molecule has 0 saturated carbocycles. The van der Waals surface area contributed by atoms with Gasteiger partial charge in [0.2, 0.25) is 0 Å². The second kappa shape index (κ2) is 7.79. The second-order valence-electron chi connectivity index (χ2n) is 4.57. The first kappa shape index (κ1) is 15.5. The standard InChI is InChI=1S/C15H23NO3/c1-5-13(15(17)16-8-9-18-4)19-14-10-11(2)6-7-12(14)3/h6-7,10,13H,5,8-9H2,1-4H3,(H,16,17)/t13-/m1/s1. The van der Waals surface area contributed by atoms with Gasteiger partial charge in [0.05, 0.1) is 6.61 Å². The summed E-state index contributed by atoms with van der Waals surface area (Å²) in [5.74, 6) is 0.675. The van der Waals surface area contributed by atoms with E-state index in [-0.39, 0.29) is 5.91 Å². The number of hydrogen-bond acceptors (Lipinski definition) is 3. The summed E-state index contributed by atoms with van der Waals surface area (Å²) in [6.45, 7) is 6.93. The molecule has 0 radical (unpaired) electrons. The van der Waals surface area contributed by atoms with Gasteiger partial charge in [-0.15, -0.1) is 0 Å². The molecule has 0 aliphatic rings. The van der Waals surface area contributed by atoms with Crippen molar-refractivity contribution in [2.24, 2.45) is 0 Å². The van der Waals surface area contributed by atoms with Crippen LogP contribution in [0.3, 0.4) is 0 Å². The quantitative estimate of drug-likeness (QED) is 0.769. The molecule has 1 N–H and O–H groups in total. The van der Waals surface area contributed by atoms with E-state index in [0.717, 1.165) is 16.9 Å². The van der Waals surface area contributed by atoms with Crippen LogP contribution in [0, 0.1) is 13.8 Å². The number of benzene rings is 1. The second-order valence-corrected chi connectivity index (χ2v) is 4.57. The highest BCUT2D eigenvalue weighted by Gasteiger charge is 2.18. The van der Waals surface area contributed by atoms with Crippen molar-refractivity contribution < 1.29 is 14.3 Å². The maximum Gasteiger partial charge on any atom is 0.261 e. The molecule has 0 heterocycles. The van der Waals surface area contributed by atoms with E-state index >= 15 is 0 Å². The van der Waals surface area contributed by atoms with Gasteiger partial charge >= 0.3 is 0 Å². The molecule has 1 atom stereocenters. The molecule has 0 saturated heterocycles. The van der Waals surface area contributed by atoms with Gasteiger partial charge in [-0.2, -0.15) is 0 Å². The Labute approximate surface area is 115 Å². The molecule has 4 nitrogen and oxygen atoms in total. The molecular weight excluding hydrogens is 242 g/mol. The average molecular weight is 265 g/mol. The summed E-state index contributed by atoms with van der Waals surface area (Å²) in [7, 11) is 1.61. The molecule has 1 aromatic rings. The zero-order chi connectivity index (χ0) is 14.3.